The highest BCUT2D eigenvalue weighted by Crippen LogP contribution is 2.24. The van der Waals surface area contributed by atoms with Gasteiger partial charge in [0.2, 0.25) is 5.89 Å². The number of aromatic nitrogens is 1. The summed E-state index contributed by atoms with van der Waals surface area (Å²) >= 11 is 0. The van der Waals surface area contributed by atoms with Crippen LogP contribution in [0.1, 0.15) is 25.0 Å². The van der Waals surface area contributed by atoms with Crippen LogP contribution < -0.4 is 4.74 Å². The number of methoxy groups -OCH3 is 1. The van der Waals surface area contributed by atoms with Crippen LogP contribution in [0, 0.1) is 0 Å². The number of likely N-dealkylation sites (tertiary alicyclic amines) is 1. The summed E-state index contributed by atoms with van der Waals surface area (Å²) in [6, 6.07) is 7.05. The van der Waals surface area contributed by atoms with Crippen LogP contribution in [0.5, 0.6) is 5.75 Å². The number of oxazole rings is 1. The average Bonchev–Trinajstić information content (AvgIpc) is 3.04. The van der Waals surface area contributed by atoms with Crippen molar-refractivity contribution in [3.8, 4) is 17.2 Å². The molecule has 0 amide bonds. The number of carboxylic acid groups (broad SMARTS) is 1. The van der Waals surface area contributed by atoms with E-state index in [1.807, 2.05) is 29.2 Å². The molecule has 1 N–H and O–H groups in total. The quantitative estimate of drug-likeness (QED) is 0.890. The number of ether oxygens (including phenoxy) is 1. The van der Waals surface area contributed by atoms with Crippen LogP contribution in [0.4, 0.5) is 0 Å². The molecule has 24 heavy (non-hydrogen) atoms. The van der Waals surface area contributed by atoms with Gasteiger partial charge in [0.15, 0.2) is 0 Å². The number of aliphatic carboxylic acids is 1. The van der Waals surface area contributed by atoms with Crippen molar-refractivity contribution in [2.45, 2.75) is 31.8 Å². The van der Waals surface area contributed by atoms with E-state index >= 15 is 0 Å². The molecule has 7 heteroatoms. The summed E-state index contributed by atoms with van der Waals surface area (Å²) in [5.74, 6) is 0.549. The van der Waals surface area contributed by atoms with Gasteiger partial charge >= 0.3 is 5.97 Å². The molecule has 2 aromatic rings. The van der Waals surface area contributed by atoms with Gasteiger partial charge in [-0.2, -0.15) is 0 Å². The second-order valence-electron chi connectivity index (χ2n) is 5.69. The second-order valence-corrected chi connectivity index (χ2v) is 5.69. The Balaban J connectivity index is 0.00000208. The molecule has 2 heterocycles. The third kappa shape index (κ3) is 4.07. The monoisotopic (exact) mass is 352 g/mol. The average molecular weight is 353 g/mol. The molecule has 3 rings (SSSR count). The molecule has 130 valence electrons. The SMILES string of the molecule is COc1ccc(-c2nc(CN3CCCCC3C(=O)O)co2)cc1.Cl. The van der Waals surface area contributed by atoms with Crippen molar-refractivity contribution in [1.29, 1.82) is 0 Å². The Labute approximate surface area is 146 Å². The number of carboxylic acids is 1. The highest BCUT2D eigenvalue weighted by molar-refractivity contribution is 5.85. The van der Waals surface area contributed by atoms with Crippen molar-refractivity contribution in [3.05, 3.63) is 36.2 Å². The molecule has 1 atom stereocenters. The van der Waals surface area contributed by atoms with E-state index in [2.05, 4.69) is 4.98 Å². The maximum atomic E-state index is 11.3. The lowest BCUT2D eigenvalue weighted by molar-refractivity contribution is -0.144. The van der Waals surface area contributed by atoms with Crippen molar-refractivity contribution in [2.24, 2.45) is 0 Å². The van der Waals surface area contributed by atoms with Gasteiger partial charge in [-0.25, -0.2) is 4.98 Å². The van der Waals surface area contributed by atoms with E-state index in [0.717, 1.165) is 36.4 Å². The van der Waals surface area contributed by atoms with Crippen LogP contribution in [-0.4, -0.2) is 40.7 Å². The van der Waals surface area contributed by atoms with Crippen LogP contribution in [0.25, 0.3) is 11.5 Å². The highest BCUT2D eigenvalue weighted by atomic mass is 35.5. The molecule has 1 aromatic carbocycles. The minimum Gasteiger partial charge on any atom is -0.497 e. The number of carbonyl (C=O) groups is 1. The summed E-state index contributed by atoms with van der Waals surface area (Å²) in [7, 11) is 1.62. The maximum absolute atomic E-state index is 11.3. The van der Waals surface area contributed by atoms with Crippen molar-refractivity contribution in [1.82, 2.24) is 9.88 Å². The summed E-state index contributed by atoms with van der Waals surface area (Å²) in [4.78, 5) is 17.8. The van der Waals surface area contributed by atoms with Gasteiger partial charge in [-0.1, -0.05) is 6.42 Å². The Bertz CT molecular complexity index is 671. The molecule has 0 spiro atoms. The maximum Gasteiger partial charge on any atom is 0.320 e. The van der Waals surface area contributed by atoms with E-state index in [-0.39, 0.29) is 12.4 Å². The summed E-state index contributed by atoms with van der Waals surface area (Å²) in [5.41, 5.74) is 1.62. The number of hydrogen-bond donors (Lipinski definition) is 1. The fraction of sp³-hybridized carbons (Fsp3) is 0.412. The van der Waals surface area contributed by atoms with Crippen molar-refractivity contribution < 1.29 is 19.1 Å². The molecular weight excluding hydrogens is 332 g/mol. The summed E-state index contributed by atoms with van der Waals surface area (Å²) in [5, 5.41) is 9.32. The Morgan fingerprint density at radius 1 is 1.38 bits per heavy atom. The van der Waals surface area contributed by atoms with E-state index in [9.17, 15) is 9.90 Å². The molecule has 0 bridgehead atoms. The van der Waals surface area contributed by atoms with Gasteiger partial charge in [0.25, 0.3) is 0 Å². The van der Waals surface area contributed by atoms with E-state index in [1.54, 1.807) is 13.4 Å². The standard InChI is InChI=1S/C17H20N2O4.ClH/c1-22-14-7-5-12(6-8-14)16-18-13(11-23-16)10-19-9-3-2-4-15(19)17(20)21;/h5-8,11,15H,2-4,9-10H2,1H3,(H,20,21);1H. The van der Waals surface area contributed by atoms with Gasteiger partial charge < -0.3 is 14.3 Å². The topological polar surface area (TPSA) is 75.8 Å². The van der Waals surface area contributed by atoms with Crippen LogP contribution in [-0.2, 0) is 11.3 Å². The number of hydrogen-bond acceptors (Lipinski definition) is 5. The predicted octanol–water partition coefficient (Wildman–Crippen LogP) is 3.21. The second kappa shape index (κ2) is 8.17. The lowest BCUT2D eigenvalue weighted by atomic mass is 10.0. The Hall–Kier alpha value is -2.05. The zero-order chi connectivity index (χ0) is 16.2. The molecule has 0 radical (unpaired) electrons. The number of nitrogens with zero attached hydrogens (tertiary/aromatic N) is 2. The van der Waals surface area contributed by atoms with Crippen LogP contribution >= 0.6 is 12.4 Å². The molecule has 1 saturated heterocycles. The number of piperidine rings is 1. The van der Waals surface area contributed by atoms with Crippen molar-refractivity contribution in [2.75, 3.05) is 13.7 Å². The number of rotatable bonds is 5. The first-order chi connectivity index (χ1) is 11.2. The molecule has 1 fully saturated rings. The molecule has 1 aromatic heterocycles. The molecule has 0 aliphatic carbocycles. The summed E-state index contributed by atoms with van der Waals surface area (Å²) in [6.07, 6.45) is 4.28. The third-order valence-electron chi connectivity index (χ3n) is 4.15. The van der Waals surface area contributed by atoms with Gasteiger partial charge in [0, 0.05) is 12.1 Å². The zero-order valence-electron chi connectivity index (χ0n) is 13.5. The Kier molecular flexibility index (Phi) is 6.23. The van der Waals surface area contributed by atoms with Crippen LogP contribution in [0.15, 0.2) is 34.9 Å². The van der Waals surface area contributed by atoms with E-state index < -0.39 is 12.0 Å². The highest BCUT2D eigenvalue weighted by Gasteiger charge is 2.28. The molecule has 1 aliphatic heterocycles. The third-order valence-corrected chi connectivity index (χ3v) is 4.15. The molecule has 1 aliphatic rings. The molecular formula is C17H21ClN2O4. The smallest absolute Gasteiger partial charge is 0.320 e. The zero-order valence-corrected chi connectivity index (χ0v) is 14.3. The van der Waals surface area contributed by atoms with Crippen LogP contribution in [0.2, 0.25) is 0 Å². The Morgan fingerprint density at radius 2 is 2.12 bits per heavy atom. The molecule has 0 saturated carbocycles. The first-order valence-corrected chi connectivity index (χ1v) is 7.73. The predicted molar refractivity (Wildman–Crippen MR) is 91.4 cm³/mol. The van der Waals surface area contributed by atoms with Crippen LogP contribution in [0.3, 0.4) is 0 Å². The lowest BCUT2D eigenvalue weighted by Crippen LogP contribution is -2.44. The van der Waals surface area contributed by atoms with Crippen molar-refractivity contribution >= 4 is 18.4 Å². The molecule has 6 nitrogen and oxygen atoms in total. The van der Waals surface area contributed by atoms with Crippen molar-refractivity contribution in [3.63, 3.8) is 0 Å². The van der Waals surface area contributed by atoms with Gasteiger partial charge in [-0.3, -0.25) is 9.69 Å². The fourth-order valence-electron chi connectivity index (χ4n) is 2.91. The molecule has 1 unspecified atom stereocenters. The largest absolute Gasteiger partial charge is 0.497 e. The summed E-state index contributed by atoms with van der Waals surface area (Å²) in [6.45, 7) is 1.28. The number of halogens is 1. The minimum atomic E-state index is -0.761. The van der Waals surface area contributed by atoms with E-state index in [0.29, 0.717) is 18.9 Å². The van der Waals surface area contributed by atoms with Gasteiger partial charge in [-0.15, -0.1) is 12.4 Å². The first kappa shape index (κ1) is 18.3. The summed E-state index contributed by atoms with van der Waals surface area (Å²) < 4.78 is 10.7. The van der Waals surface area contributed by atoms with E-state index in [1.165, 1.54) is 0 Å². The minimum absolute atomic E-state index is 0. The van der Waals surface area contributed by atoms with Gasteiger partial charge in [0.05, 0.1) is 12.8 Å². The van der Waals surface area contributed by atoms with Gasteiger partial charge in [-0.05, 0) is 43.7 Å². The Morgan fingerprint density at radius 3 is 2.79 bits per heavy atom. The van der Waals surface area contributed by atoms with Gasteiger partial charge in [0.1, 0.15) is 18.1 Å². The first-order valence-electron chi connectivity index (χ1n) is 7.73. The number of benzene rings is 1. The normalized spacial score (nSPS) is 18.0. The van der Waals surface area contributed by atoms with E-state index in [4.69, 9.17) is 9.15 Å². The fourth-order valence-corrected chi connectivity index (χ4v) is 2.91. The lowest BCUT2D eigenvalue weighted by Gasteiger charge is -2.31.